The minimum Gasteiger partial charge on any atom is -0.456 e. The van der Waals surface area contributed by atoms with E-state index in [0.717, 1.165) is 43.3 Å². The van der Waals surface area contributed by atoms with Crippen LogP contribution >= 0.6 is 0 Å². The molecule has 3 aliphatic heterocycles. The highest BCUT2D eigenvalue weighted by Gasteiger charge is 2.64. The summed E-state index contributed by atoms with van der Waals surface area (Å²) in [6.07, 6.45) is -9.42. The van der Waals surface area contributed by atoms with E-state index in [1.54, 1.807) is 6.92 Å². The molecule has 55 heavy (non-hydrogen) atoms. The number of Topliss-reactive ketones (excluding diaryl/α,β-unsaturated/α-hetero) is 1. The predicted octanol–water partition coefficient (Wildman–Crippen LogP) is 0.157. The van der Waals surface area contributed by atoms with E-state index in [1.165, 1.54) is 0 Å². The first kappa shape index (κ1) is 41.3. The van der Waals surface area contributed by atoms with E-state index in [1.807, 2.05) is 20.8 Å². The molecule has 0 spiro atoms. The maximum Gasteiger partial charge on any atom is 0.334 e. The van der Waals surface area contributed by atoms with E-state index in [0.29, 0.717) is 18.4 Å². The normalized spacial score (nSPS) is 50.0. The van der Waals surface area contributed by atoms with Gasteiger partial charge in [0.15, 0.2) is 12.6 Å². The summed E-state index contributed by atoms with van der Waals surface area (Å²) in [5.74, 6) is 0.188. The summed E-state index contributed by atoms with van der Waals surface area (Å²) in [4.78, 5) is 26.9. The lowest BCUT2D eigenvalue weighted by atomic mass is 9.46. The van der Waals surface area contributed by atoms with Crippen molar-refractivity contribution in [2.45, 2.75) is 165 Å². The molecule has 0 unspecified atom stereocenters. The lowest BCUT2D eigenvalue weighted by molar-refractivity contribution is -0.336. The number of aliphatic hydroxyl groups excluding tert-OH is 7. The molecule has 3 heterocycles. The number of cyclic esters (lactones) is 1. The molecule has 0 radical (unpaired) electrons. The molecule has 4 aliphatic carbocycles. The summed E-state index contributed by atoms with van der Waals surface area (Å²) >= 11 is 0. The molecule has 8 N–H and O–H groups in total. The van der Waals surface area contributed by atoms with Gasteiger partial charge in [0.1, 0.15) is 66.3 Å². The molecule has 0 bridgehead atoms. The molecule has 0 amide bonds. The molecular formula is C40H60O15. The number of fused-ring (bicyclic) bond motifs is 5. The van der Waals surface area contributed by atoms with Gasteiger partial charge in [0.05, 0.1) is 24.7 Å². The molecule has 5 fully saturated rings. The summed E-state index contributed by atoms with van der Waals surface area (Å²) in [5.41, 5.74) is 0.398. The fraction of sp³-hybridized carbons (Fsp3) is 0.850. The Hall–Kier alpha value is -1.86. The van der Waals surface area contributed by atoms with E-state index in [-0.39, 0.29) is 47.3 Å². The van der Waals surface area contributed by atoms with E-state index < -0.39 is 97.8 Å². The van der Waals surface area contributed by atoms with E-state index in [2.05, 4.69) is 13.0 Å². The third kappa shape index (κ3) is 6.77. The molecule has 7 rings (SSSR count). The van der Waals surface area contributed by atoms with Crippen LogP contribution in [0.1, 0.15) is 86.0 Å². The number of ketones is 1. The van der Waals surface area contributed by atoms with Crippen LogP contribution in [-0.2, 0) is 33.3 Å². The van der Waals surface area contributed by atoms with Crippen molar-refractivity contribution in [3.05, 3.63) is 22.8 Å². The van der Waals surface area contributed by atoms with Crippen LogP contribution < -0.4 is 0 Å². The van der Waals surface area contributed by atoms with Gasteiger partial charge >= 0.3 is 5.97 Å². The molecule has 2 saturated heterocycles. The molecule has 7 aliphatic rings. The van der Waals surface area contributed by atoms with Gasteiger partial charge in [0.2, 0.25) is 0 Å². The Balaban J connectivity index is 1.02. The van der Waals surface area contributed by atoms with Crippen molar-refractivity contribution in [1.29, 1.82) is 0 Å². The molecule has 3 saturated carbocycles. The van der Waals surface area contributed by atoms with Crippen molar-refractivity contribution < 1.29 is 74.1 Å². The van der Waals surface area contributed by atoms with E-state index in [4.69, 9.17) is 23.7 Å². The van der Waals surface area contributed by atoms with Crippen LogP contribution in [0.4, 0.5) is 0 Å². The lowest BCUT2D eigenvalue weighted by Crippen LogP contribution is -2.62. The van der Waals surface area contributed by atoms with E-state index >= 15 is 0 Å². The summed E-state index contributed by atoms with van der Waals surface area (Å²) in [5, 5.41) is 84.4. The number of carbonyl (C=O) groups excluding carboxylic acids is 2. The second-order valence-electron chi connectivity index (χ2n) is 18.1. The number of ether oxygens (including phenoxy) is 5. The van der Waals surface area contributed by atoms with Crippen LogP contribution in [0, 0.1) is 34.5 Å². The Morgan fingerprint density at radius 2 is 1.49 bits per heavy atom. The van der Waals surface area contributed by atoms with Crippen molar-refractivity contribution in [2.24, 2.45) is 34.5 Å². The summed E-state index contributed by atoms with van der Waals surface area (Å²) in [7, 11) is 0. The molecule has 15 heteroatoms. The third-order valence-corrected chi connectivity index (χ3v) is 15.2. The summed E-state index contributed by atoms with van der Waals surface area (Å²) < 4.78 is 28.8. The molecule has 15 nitrogen and oxygen atoms in total. The number of hydrogen-bond donors (Lipinski definition) is 8. The van der Waals surface area contributed by atoms with Gasteiger partial charge in [-0.1, -0.05) is 24.1 Å². The zero-order chi connectivity index (χ0) is 39.9. The quantitative estimate of drug-likeness (QED) is 0.121. The van der Waals surface area contributed by atoms with Crippen LogP contribution in [0.5, 0.6) is 0 Å². The molecule has 19 atom stereocenters. The zero-order valence-electron chi connectivity index (χ0n) is 32.3. The molecule has 310 valence electrons. The molecule has 0 aromatic carbocycles. The molecule has 0 aromatic heterocycles. The fourth-order valence-corrected chi connectivity index (χ4v) is 11.7. The van der Waals surface area contributed by atoms with Crippen molar-refractivity contribution in [1.82, 2.24) is 0 Å². The Kier molecular flexibility index (Phi) is 11.3. The van der Waals surface area contributed by atoms with Crippen LogP contribution in [0.3, 0.4) is 0 Å². The highest BCUT2D eigenvalue weighted by molar-refractivity contribution is 5.90. The van der Waals surface area contributed by atoms with Crippen LogP contribution in [0.25, 0.3) is 0 Å². The van der Waals surface area contributed by atoms with Crippen molar-refractivity contribution in [3.63, 3.8) is 0 Å². The number of allylic oxidation sites excluding steroid dienone is 1. The van der Waals surface area contributed by atoms with Gasteiger partial charge in [-0.3, -0.25) is 4.79 Å². The first-order valence-electron chi connectivity index (χ1n) is 19.9. The SMILES string of the molecule is CC1=C(C)C(=O)O[C@@H]([C@@](C)(O)[C@@H]2CC[C@@H]3[C@H]4CC=C5C[C@@H](O[C@H]6O[C@@H](CO[C@@H]7O[C@H](CO)[C@@H](O)[C@H](O)[C@@H]7O)[C@H](O)[C@@H](O)[C@@H]6O)CC(=O)[C@@]5(C)[C@@H]4CC[C@]32C)C1. The van der Waals surface area contributed by atoms with Crippen LogP contribution in [-0.4, -0.2) is 145 Å². The van der Waals surface area contributed by atoms with Gasteiger partial charge in [-0.2, -0.15) is 0 Å². The Bertz CT molecular complexity index is 1540. The van der Waals surface area contributed by atoms with Gasteiger partial charge < -0.3 is 64.5 Å². The molecular weight excluding hydrogens is 720 g/mol. The minimum atomic E-state index is -1.70. The number of esters is 1. The maximum absolute atomic E-state index is 14.3. The average Bonchev–Trinajstić information content (AvgIpc) is 3.51. The summed E-state index contributed by atoms with van der Waals surface area (Å²) in [6, 6.07) is 0. The minimum absolute atomic E-state index is 0.0231. The zero-order valence-corrected chi connectivity index (χ0v) is 32.3. The number of aliphatic hydroxyl groups is 8. The first-order chi connectivity index (χ1) is 25.8. The van der Waals surface area contributed by atoms with Crippen LogP contribution in [0.2, 0.25) is 0 Å². The second-order valence-corrected chi connectivity index (χ2v) is 18.1. The topological polar surface area (TPSA) is 242 Å². The van der Waals surface area contributed by atoms with Gasteiger partial charge in [0.25, 0.3) is 0 Å². The monoisotopic (exact) mass is 780 g/mol. The Morgan fingerprint density at radius 3 is 2.16 bits per heavy atom. The highest BCUT2D eigenvalue weighted by atomic mass is 16.7. The maximum atomic E-state index is 14.3. The summed E-state index contributed by atoms with van der Waals surface area (Å²) in [6.45, 7) is 8.68. The highest BCUT2D eigenvalue weighted by Crippen LogP contribution is 2.67. The third-order valence-electron chi connectivity index (χ3n) is 15.2. The van der Waals surface area contributed by atoms with E-state index in [9.17, 15) is 50.4 Å². The first-order valence-corrected chi connectivity index (χ1v) is 19.9. The number of hydrogen-bond acceptors (Lipinski definition) is 15. The second kappa shape index (κ2) is 15.1. The Morgan fingerprint density at radius 1 is 0.836 bits per heavy atom. The fourth-order valence-electron chi connectivity index (χ4n) is 11.7. The van der Waals surface area contributed by atoms with Gasteiger partial charge in [0, 0.05) is 18.4 Å². The van der Waals surface area contributed by atoms with Crippen LogP contribution in [0.15, 0.2) is 22.8 Å². The van der Waals surface area contributed by atoms with Crippen molar-refractivity contribution >= 4 is 11.8 Å². The molecule has 0 aromatic rings. The number of carbonyl (C=O) groups is 2. The average molecular weight is 781 g/mol. The van der Waals surface area contributed by atoms with Crippen molar-refractivity contribution in [2.75, 3.05) is 13.2 Å². The lowest BCUT2D eigenvalue weighted by Gasteiger charge is -2.58. The predicted molar refractivity (Wildman–Crippen MR) is 190 cm³/mol. The smallest absolute Gasteiger partial charge is 0.334 e. The van der Waals surface area contributed by atoms with Crippen molar-refractivity contribution in [3.8, 4) is 0 Å². The van der Waals surface area contributed by atoms with Gasteiger partial charge in [-0.15, -0.1) is 0 Å². The van der Waals surface area contributed by atoms with Gasteiger partial charge in [-0.25, -0.2) is 4.79 Å². The Labute approximate surface area is 321 Å². The standard InChI is InChI=1S/C40H60O15/c1-17-12-28(55-35(49)18(17)2)40(5,50)26-9-8-22-21-7-6-19-13-20(14-27(42)39(19,4)23(21)10-11-38(22,26)3)52-37-34(48)32(46)30(44)25(54-37)16-51-36-33(47)31(45)29(43)24(15-41)53-36/h6,20-26,28-34,36-37,41,43-48,50H,7-16H2,1-5H3/t20-,21-,22-,23-,24-,25+,26-,28-,29-,30+,31+,32-,33+,34+,36-,37+,38-,39-,40+/m1/s1. The van der Waals surface area contributed by atoms with Gasteiger partial charge in [-0.05, 0) is 95.3 Å². The number of rotatable bonds is 8. The largest absolute Gasteiger partial charge is 0.456 e.